The molecule has 0 saturated heterocycles. The third-order valence-corrected chi connectivity index (χ3v) is 2.54. The van der Waals surface area contributed by atoms with Gasteiger partial charge in [0.15, 0.2) is 15.8 Å². The van der Waals surface area contributed by atoms with E-state index in [4.69, 9.17) is 5.73 Å². The van der Waals surface area contributed by atoms with Crippen molar-refractivity contribution in [1.29, 1.82) is 0 Å². The number of hydrogen-bond acceptors (Lipinski definition) is 6. The van der Waals surface area contributed by atoms with Crippen LogP contribution in [0.1, 0.15) is 0 Å². The van der Waals surface area contributed by atoms with Gasteiger partial charge in [-0.1, -0.05) is 17.4 Å². The molecule has 0 aliphatic heterocycles. The standard InChI is InChI=1S/C8H9N5S/c1-2-3-10-8-13-5-6(9)11-4-12-7(5)14-8/h2,4H,1,3H2,(H,10,13)(H2,9,11,12). The molecular formula is C8H9N5S. The molecule has 0 fully saturated rings. The summed E-state index contributed by atoms with van der Waals surface area (Å²) in [5.74, 6) is 0.415. The maximum Gasteiger partial charge on any atom is 0.185 e. The third kappa shape index (κ3) is 1.51. The number of thiazole rings is 1. The van der Waals surface area contributed by atoms with Gasteiger partial charge in [0.05, 0.1) is 0 Å². The Morgan fingerprint density at radius 2 is 2.43 bits per heavy atom. The Morgan fingerprint density at radius 3 is 3.14 bits per heavy atom. The van der Waals surface area contributed by atoms with E-state index in [-0.39, 0.29) is 0 Å². The van der Waals surface area contributed by atoms with Crippen molar-refractivity contribution in [2.24, 2.45) is 0 Å². The van der Waals surface area contributed by atoms with Gasteiger partial charge in [-0.2, -0.15) is 0 Å². The normalized spacial score (nSPS) is 10.3. The van der Waals surface area contributed by atoms with E-state index in [9.17, 15) is 0 Å². The van der Waals surface area contributed by atoms with Crippen LogP contribution in [0, 0.1) is 0 Å². The van der Waals surface area contributed by atoms with E-state index < -0.39 is 0 Å². The molecular weight excluding hydrogens is 198 g/mol. The zero-order chi connectivity index (χ0) is 9.97. The first-order chi connectivity index (χ1) is 6.81. The molecule has 0 unspecified atom stereocenters. The highest BCUT2D eigenvalue weighted by molar-refractivity contribution is 7.21. The molecule has 0 saturated carbocycles. The van der Waals surface area contributed by atoms with Crippen LogP contribution in [0.5, 0.6) is 0 Å². The van der Waals surface area contributed by atoms with Crippen LogP contribution in [-0.4, -0.2) is 21.5 Å². The first-order valence-electron chi connectivity index (χ1n) is 4.03. The largest absolute Gasteiger partial charge is 0.382 e. The highest BCUT2D eigenvalue weighted by Crippen LogP contribution is 2.25. The summed E-state index contributed by atoms with van der Waals surface area (Å²) in [5, 5.41) is 3.86. The van der Waals surface area contributed by atoms with Crippen molar-refractivity contribution >= 4 is 32.6 Å². The lowest BCUT2D eigenvalue weighted by molar-refractivity contribution is 1.22. The topological polar surface area (TPSA) is 76.7 Å². The van der Waals surface area contributed by atoms with Gasteiger partial charge >= 0.3 is 0 Å². The van der Waals surface area contributed by atoms with Crippen LogP contribution in [-0.2, 0) is 0 Å². The van der Waals surface area contributed by atoms with E-state index in [0.29, 0.717) is 17.9 Å². The van der Waals surface area contributed by atoms with E-state index >= 15 is 0 Å². The Balaban J connectivity index is 2.41. The molecule has 0 aromatic carbocycles. The summed E-state index contributed by atoms with van der Waals surface area (Å²) < 4.78 is 0. The summed E-state index contributed by atoms with van der Waals surface area (Å²) in [5.41, 5.74) is 6.30. The van der Waals surface area contributed by atoms with Crippen molar-refractivity contribution in [3.63, 3.8) is 0 Å². The molecule has 0 aliphatic carbocycles. The summed E-state index contributed by atoms with van der Waals surface area (Å²) in [4.78, 5) is 13.0. The van der Waals surface area contributed by atoms with Gasteiger partial charge in [0, 0.05) is 6.54 Å². The third-order valence-electron chi connectivity index (χ3n) is 1.62. The molecule has 6 heteroatoms. The second-order valence-electron chi connectivity index (χ2n) is 2.60. The minimum absolute atomic E-state index is 0.415. The number of anilines is 2. The average molecular weight is 207 g/mol. The lowest BCUT2D eigenvalue weighted by Crippen LogP contribution is -1.96. The van der Waals surface area contributed by atoms with Crippen molar-refractivity contribution in [2.75, 3.05) is 17.6 Å². The molecule has 3 N–H and O–H groups in total. The van der Waals surface area contributed by atoms with E-state index in [0.717, 1.165) is 9.96 Å². The number of rotatable bonds is 3. The van der Waals surface area contributed by atoms with Crippen molar-refractivity contribution in [3.05, 3.63) is 19.0 Å². The van der Waals surface area contributed by atoms with Gasteiger partial charge in [-0.3, -0.25) is 0 Å². The molecule has 0 radical (unpaired) electrons. The van der Waals surface area contributed by atoms with Crippen LogP contribution in [0.3, 0.4) is 0 Å². The summed E-state index contributed by atoms with van der Waals surface area (Å²) in [6.45, 7) is 4.28. The molecule has 2 heterocycles. The number of fused-ring (bicyclic) bond motifs is 1. The Bertz CT molecular complexity index is 464. The van der Waals surface area contributed by atoms with Gasteiger partial charge < -0.3 is 11.1 Å². The van der Waals surface area contributed by atoms with Crippen LogP contribution >= 0.6 is 11.3 Å². The Hall–Kier alpha value is -1.69. The van der Waals surface area contributed by atoms with Gasteiger partial charge in [0.25, 0.3) is 0 Å². The van der Waals surface area contributed by atoms with Crippen LogP contribution in [0.25, 0.3) is 10.3 Å². The second-order valence-corrected chi connectivity index (χ2v) is 3.58. The first-order valence-corrected chi connectivity index (χ1v) is 4.84. The van der Waals surface area contributed by atoms with Gasteiger partial charge in [0.2, 0.25) is 0 Å². The summed E-state index contributed by atoms with van der Waals surface area (Å²) in [7, 11) is 0. The molecule has 0 atom stereocenters. The van der Waals surface area contributed by atoms with Crippen molar-refractivity contribution in [2.45, 2.75) is 0 Å². The predicted octanol–water partition coefficient (Wildman–Crippen LogP) is 1.27. The van der Waals surface area contributed by atoms with Crippen LogP contribution in [0.2, 0.25) is 0 Å². The van der Waals surface area contributed by atoms with Gasteiger partial charge in [0.1, 0.15) is 11.8 Å². The van der Waals surface area contributed by atoms with Gasteiger partial charge in [-0.15, -0.1) is 6.58 Å². The van der Waals surface area contributed by atoms with Gasteiger partial charge in [-0.25, -0.2) is 15.0 Å². The number of nitrogen functional groups attached to an aromatic ring is 1. The van der Waals surface area contributed by atoms with E-state index in [2.05, 4.69) is 26.8 Å². The number of nitrogens with one attached hydrogen (secondary N) is 1. The first kappa shape index (κ1) is 8.89. The van der Waals surface area contributed by atoms with E-state index in [1.54, 1.807) is 6.08 Å². The van der Waals surface area contributed by atoms with Crippen molar-refractivity contribution < 1.29 is 0 Å². The molecule has 2 aromatic rings. The monoisotopic (exact) mass is 207 g/mol. The summed E-state index contributed by atoms with van der Waals surface area (Å²) >= 11 is 1.45. The van der Waals surface area contributed by atoms with Crippen molar-refractivity contribution in [1.82, 2.24) is 15.0 Å². The maximum atomic E-state index is 5.64. The number of nitrogens with two attached hydrogens (primary N) is 1. The SMILES string of the molecule is C=CCNc1nc2c(N)ncnc2s1. The minimum Gasteiger partial charge on any atom is -0.382 e. The van der Waals surface area contributed by atoms with E-state index in [1.807, 2.05) is 0 Å². The zero-order valence-electron chi connectivity index (χ0n) is 7.40. The maximum absolute atomic E-state index is 5.64. The van der Waals surface area contributed by atoms with Crippen LogP contribution < -0.4 is 11.1 Å². The highest BCUT2D eigenvalue weighted by atomic mass is 32.1. The molecule has 0 spiro atoms. The summed E-state index contributed by atoms with van der Waals surface area (Å²) in [6.07, 6.45) is 3.20. The zero-order valence-corrected chi connectivity index (χ0v) is 8.21. The number of hydrogen-bond donors (Lipinski definition) is 2. The molecule has 72 valence electrons. The molecule has 2 aromatic heterocycles. The molecule has 0 bridgehead atoms. The Labute approximate surface area is 84.7 Å². The van der Waals surface area contributed by atoms with Crippen LogP contribution in [0.15, 0.2) is 19.0 Å². The predicted molar refractivity (Wildman–Crippen MR) is 58.3 cm³/mol. The smallest absolute Gasteiger partial charge is 0.185 e. The highest BCUT2D eigenvalue weighted by Gasteiger charge is 2.06. The fourth-order valence-corrected chi connectivity index (χ4v) is 1.83. The number of aromatic nitrogens is 3. The molecule has 2 rings (SSSR count). The molecule has 0 aliphatic rings. The fraction of sp³-hybridized carbons (Fsp3) is 0.125. The quantitative estimate of drug-likeness (QED) is 0.741. The van der Waals surface area contributed by atoms with Gasteiger partial charge in [-0.05, 0) is 0 Å². The lowest BCUT2D eigenvalue weighted by Gasteiger charge is -1.93. The molecule has 14 heavy (non-hydrogen) atoms. The Kier molecular flexibility index (Phi) is 2.28. The van der Waals surface area contributed by atoms with Crippen LogP contribution in [0.4, 0.5) is 10.9 Å². The fourth-order valence-electron chi connectivity index (χ4n) is 1.01. The Morgan fingerprint density at radius 1 is 1.57 bits per heavy atom. The minimum atomic E-state index is 0.415. The average Bonchev–Trinajstić information content (AvgIpc) is 2.59. The molecule has 0 amide bonds. The molecule has 5 nitrogen and oxygen atoms in total. The van der Waals surface area contributed by atoms with E-state index in [1.165, 1.54) is 17.7 Å². The summed E-state index contributed by atoms with van der Waals surface area (Å²) in [6, 6.07) is 0. The number of nitrogens with zero attached hydrogens (tertiary/aromatic N) is 3. The second kappa shape index (κ2) is 3.59. The lowest BCUT2D eigenvalue weighted by atomic mass is 10.5. The van der Waals surface area contributed by atoms with Crippen molar-refractivity contribution in [3.8, 4) is 0 Å².